The van der Waals surface area contributed by atoms with Gasteiger partial charge in [0, 0.05) is 38.8 Å². The first-order chi connectivity index (χ1) is 10.4. The Morgan fingerprint density at radius 1 is 1.27 bits per heavy atom. The number of aliphatic carboxylic acids is 1. The third kappa shape index (κ3) is 10.7. The molecule has 0 radical (unpaired) electrons. The van der Waals surface area contributed by atoms with Crippen LogP contribution in [0.5, 0.6) is 5.75 Å². The summed E-state index contributed by atoms with van der Waals surface area (Å²) < 4.78 is 0. The highest BCUT2D eigenvalue weighted by atomic mass is 16.4. The zero-order chi connectivity index (χ0) is 17.0. The van der Waals surface area contributed by atoms with Gasteiger partial charge in [0.05, 0.1) is 0 Å². The number of unbranched alkanes of at least 4 members (excludes halogenated alkanes) is 2. The molecule has 0 fully saturated rings. The molecule has 0 saturated heterocycles. The van der Waals surface area contributed by atoms with Crippen LogP contribution in [-0.4, -0.2) is 23.5 Å². The van der Waals surface area contributed by atoms with Crippen molar-refractivity contribution in [1.29, 1.82) is 0 Å². The topological polar surface area (TPSA) is 104 Å². The summed E-state index contributed by atoms with van der Waals surface area (Å²) in [5, 5.41) is 21.8. The second-order valence-electron chi connectivity index (χ2n) is 5.02. The number of aromatic hydroxyl groups is 1. The van der Waals surface area contributed by atoms with Gasteiger partial charge in [0.25, 0.3) is 0 Å². The Morgan fingerprint density at radius 3 is 2.45 bits per heavy atom. The van der Waals surface area contributed by atoms with Gasteiger partial charge in [0.15, 0.2) is 11.4 Å². The van der Waals surface area contributed by atoms with Crippen molar-refractivity contribution in [2.75, 3.05) is 6.54 Å². The van der Waals surface area contributed by atoms with Crippen molar-refractivity contribution in [2.24, 2.45) is 0 Å². The lowest BCUT2D eigenvalue weighted by Gasteiger charge is -2.02. The Labute approximate surface area is 131 Å². The number of aromatic nitrogens is 1. The molecular formula is C16H26N2O4. The van der Waals surface area contributed by atoms with Crippen LogP contribution in [0.25, 0.3) is 0 Å². The van der Waals surface area contributed by atoms with E-state index in [9.17, 15) is 19.8 Å². The molecule has 6 heteroatoms. The highest BCUT2D eigenvalue weighted by Crippen LogP contribution is 2.10. The van der Waals surface area contributed by atoms with E-state index in [1.165, 1.54) is 6.92 Å². The summed E-state index contributed by atoms with van der Waals surface area (Å²) >= 11 is 0. The summed E-state index contributed by atoms with van der Waals surface area (Å²) in [7, 11) is 0. The summed E-state index contributed by atoms with van der Waals surface area (Å²) in [4.78, 5) is 23.4. The molecule has 1 heterocycles. The Hall–Kier alpha value is -2.11. The van der Waals surface area contributed by atoms with Crippen LogP contribution in [0.1, 0.15) is 50.9 Å². The van der Waals surface area contributed by atoms with Crippen molar-refractivity contribution in [1.82, 2.24) is 5.32 Å². The highest BCUT2D eigenvalue weighted by molar-refractivity contribution is 5.72. The molecule has 0 saturated carbocycles. The molecule has 1 aromatic heterocycles. The number of nitrogens with one attached hydrogen (secondary N) is 2. The molecule has 0 aromatic carbocycles. The third-order valence-corrected chi connectivity index (χ3v) is 2.93. The fourth-order valence-electron chi connectivity index (χ4n) is 1.75. The predicted octanol–water partition coefficient (Wildman–Crippen LogP) is 0.510. The quantitative estimate of drug-likeness (QED) is 0.716. The van der Waals surface area contributed by atoms with Crippen LogP contribution in [0.3, 0.4) is 0 Å². The minimum Gasteiger partial charge on any atom is -0.550 e. The Balaban J connectivity index is 0.000000406. The van der Waals surface area contributed by atoms with Gasteiger partial charge in [-0.15, -0.1) is 0 Å². The van der Waals surface area contributed by atoms with Gasteiger partial charge in [-0.25, -0.2) is 4.98 Å². The normalized spacial score (nSPS) is 9.59. The van der Waals surface area contributed by atoms with E-state index in [0.717, 1.165) is 30.7 Å². The number of pyridine rings is 1. The van der Waals surface area contributed by atoms with Crippen LogP contribution in [0.15, 0.2) is 12.1 Å². The first kappa shape index (κ1) is 19.9. The van der Waals surface area contributed by atoms with Crippen molar-refractivity contribution in [3.63, 3.8) is 0 Å². The molecule has 0 unspecified atom stereocenters. The number of H-pyrrole nitrogens is 1. The maximum absolute atomic E-state index is 10.4. The molecule has 6 nitrogen and oxygen atoms in total. The highest BCUT2D eigenvalue weighted by Gasteiger charge is 2.05. The largest absolute Gasteiger partial charge is 0.550 e. The molecule has 0 spiro atoms. The van der Waals surface area contributed by atoms with Gasteiger partial charge in [-0.1, -0.05) is 13.3 Å². The van der Waals surface area contributed by atoms with E-state index in [1.807, 2.05) is 19.9 Å². The standard InChI is InChI=1S/C8H15NO3.C8H11NO/c1-7(10)9-6-4-2-3-5-8(11)12;1-3-7-8(10)5-4-6(2)9-7/h2-6H2,1H3,(H,9,10)(H,11,12);4-5,10H,3H2,1-2H3. The fraction of sp³-hybridized carbons (Fsp3) is 0.562. The second kappa shape index (κ2) is 11.5. The molecule has 1 rings (SSSR count). The van der Waals surface area contributed by atoms with Gasteiger partial charge >= 0.3 is 0 Å². The fourth-order valence-corrected chi connectivity index (χ4v) is 1.75. The number of carboxylic acids is 1. The average Bonchev–Trinajstić information content (AvgIpc) is 2.45. The molecule has 0 aliphatic heterocycles. The van der Waals surface area contributed by atoms with Gasteiger partial charge < -0.3 is 20.3 Å². The van der Waals surface area contributed by atoms with Crippen molar-refractivity contribution >= 4 is 11.9 Å². The number of aryl methyl sites for hydroxylation is 2. The number of aromatic amines is 1. The van der Waals surface area contributed by atoms with Crippen LogP contribution >= 0.6 is 0 Å². The van der Waals surface area contributed by atoms with Crippen molar-refractivity contribution in [2.45, 2.75) is 52.9 Å². The van der Waals surface area contributed by atoms with Crippen LogP contribution in [0.4, 0.5) is 0 Å². The molecular weight excluding hydrogens is 284 g/mol. The number of hydrogen-bond acceptors (Lipinski definition) is 4. The molecule has 0 bridgehead atoms. The SMILES string of the molecule is CC(=O)NCCCCCC(=O)[O-].CCc1[nH+]c(C)ccc1O. The Bertz CT molecular complexity index is 457. The first-order valence-corrected chi connectivity index (χ1v) is 7.51. The summed E-state index contributed by atoms with van der Waals surface area (Å²) in [6.07, 6.45) is 3.22. The molecule has 0 aliphatic rings. The third-order valence-electron chi connectivity index (χ3n) is 2.93. The smallest absolute Gasteiger partial charge is 0.221 e. The van der Waals surface area contributed by atoms with E-state index in [4.69, 9.17) is 0 Å². The number of amides is 1. The molecule has 0 aliphatic carbocycles. The second-order valence-corrected chi connectivity index (χ2v) is 5.02. The van der Waals surface area contributed by atoms with E-state index in [2.05, 4.69) is 10.3 Å². The molecule has 124 valence electrons. The molecule has 0 atom stereocenters. The van der Waals surface area contributed by atoms with Crippen molar-refractivity contribution in [3.05, 3.63) is 23.5 Å². The monoisotopic (exact) mass is 310 g/mol. The number of rotatable bonds is 7. The van der Waals surface area contributed by atoms with Crippen molar-refractivity contribution in [3.8, 4) is 5.75 Å². The predicted molar refractivity (Wildman–Crippen MR) is 80.9 cm³/mol. The van der Waals surface area contributed by atoms with Gasteiger partial charge in [0.2, 0.25) is 11.6 Å². The van der Waals surface area contributed by atoms with E-state index in [-0.39, 0.29) is 12.3 Å². The molecule has 1 amide bonds. The van der Waals surface area contributed by atoms with E-state index >= 15 is 0 Å². The number of hydrogen-bond donors (Lipinski definition) is 2. The lowest BCUT2D eigenvalue weighted by atomic mass is 10.2. The Morgan fingerprint density at radius 2 is 1.95 bits per heavy atom. The number of carbonyl (C=O) groups is 2. The lowest BCUT2D eigenvalue weighted by molar-refractivity contribution is -0.400. The summed E-state index contributed by atoms with van der Waals surface area (Å²) in [6, 6.07) is 3.57. The zero-order valence-corrected chi connectivity index (χ0v) is 13.6. The van der Waals surface area contributed by atoms with Crippen LogP contribution in [0.2, 0.25) is 0 Å². The number of carbonyl (C=O) groups excluding carboxylic acids is 2. The maximum Gasteiger partial charge on any atom is 0.221 e. The summed E-state index contributed by atoms with van der Waals surface area (Å²) in [6.45, 7) is 6.06. The minimum atomic E-state index is -1.01. The van der Waals surface area contributed by atoms with Gasteiger partial charge in [-0.3, -0.25) is 4.79 Å². The lowest BCUT2D eigenvalue weighted by Crippen LogP contribution is -2.22. The zero-order valence-electron chi connectivity index (χ0n) is 13.6. The molecule has 22 heavy (non-hydrogen) atoms. The molecule has 1 aromatic rings. The average molecular weight is 310 g/mol. The van der Waals surface area contributed by atoms with Crippen LogP contribution < -0.4 is 15.4 Å². The molecule has 3 N–H and O–H groups in total. The van der Waals surface area contributed by atoms with Crippen LogP contribution in [0, 0.1) is 6.92 Å². The van der Waals surface area contributed by atoms with Gasteiger partial charge in [-0.05, 0) is 25.3 Å². The van der Waals surface area contributed by atoms with E-state index in [1.54, 1.807) is 6.07 Å². The maximum atomic E-state index is 10.4. The van der Waals surface area contributed by atoms with Gasteiger partial charge in [-0.2, -0.15) is 0 Å². The first-order valence-electron chi connectivity index (χ1n) is 7.51. The van der Waals surface area contributed by atoms with Gasteiger partial charge in [0.1, 0.15) is 0 Å². The minimum absolute atomic E-state index is 0.0464. The summed E-state index contributed by atoms with van der Waals surface area (Å²) in [5.74, 6) is -0.697. The Kier molecular flexibility index (Phi) is 10.4. The van der Waals surface area contributed by atoms with E-state index in [0.29, 0.717) is 18.7 Å². The number of carboxylic acid groups (broad SMARTS) is 1. The summed E-state index contributed by atoms with van der Waals surface area (Å²) in [5.41, 5.74) is 1.98. The van der Waals surface area contributed by atoms with Crippen LogP contribution in [-0.2, 0) is 16.0 Å². The van der Waals surface area contributed by atoms with E-state index < -0.39 is 5.97 Å². The van der Waals surface area contributed by atoms with Crippen molar-refractivity contribution < 1.29 is 24.8 Å².